The molecule has 0 amide bonds. The molecular weight excluding hydrogens is 240 g/mol. The second kappa shape index (κ2) is 4.53. The van der Waals surface area contributed by atoms with Crippen molar-refractivity contribution in [2.45, 2.75) is 32.7 Å². The Morgan fingerprint density at radius 1 is 1.26 bits per heavy atom. The third-order valence-electron chi connectivity index (χ3n) is 3.63. The van der Waals surface area contributed by atoms with Crippen molar-refractivity contribution in [2.75, 3.05) is 0 Å². The quantitative estimate of drug-likeness (QED) is 0.898. The molecule has 98 valence electrons. The van der Waals surface area contributed by atoms with E-state index < -0.39 is 5.97 Å². The molecule has 0 fully saturated rings. The second-order valence-electron chi connectivity index (χ2n) is 5.02. The number of carboxylic acids is 1. The SMILES string of the molecule is Cc1ccc(-c2c(C(=O)O)nn3c2CCCC3)cc1. The summed E-state index contributed by atoms with van der Waals surface area (Å²) in [4.78, 5) is 11.4. The minimum absolute atomic E-state index is 0.181. The second-order valence-corrected chi connectivity index (χ2v) is 5.02. The van der Waals surface area contributed by atoms with Crippen LogP contribution in [0.25, 0.3) is 11.1 Å². The number of aromatic nitrogens is 2. The number of carbonyl (C=O) groups is 1. The largest absolute Gasteiger partial charge is 0.476 e. The molecule has 3 rings (SSSR count). The summed E-state index contributed by atoms with van der Waals surface area (Å²) in [7, 11) is 0. The van der Waals surface area contributed by atoms with Gasteiger partial charge in [0.15, 0.2) is 5.69 Å². The molecule has 1 aromatic carbocycles. The lowest BCUT2D eigenvalue weighted by Gasteiger charge is -2.14. The number of carboxylic acid groups (broad SMARTS) is 1. The van der Waals surface area contributed by atoms with E-state index in [1.165, 1.54) is 5.56 Å². The van der Waals surface area contributed by atoms with E-state index in [2.05, 4.69) is 5.10 Å². The van der Waals surface area contributed by atoms with E-state index in [9.17, 15) is 9.90 Å². The van der Waals surface area contributed by atoms with Gasteiger partial charge in [0, 0.05) is 17.8 Å². The predicted octanol–water partition coefficient (Wildman–Crippen LogP) is 2.89. The van der Waals surface area contributed by atoms with Crippen LogP contribution in [0.3, 0.4) is 0 Å². The fourth-order valence-corrected chi connectivity index (χ4v) is 2.66. The highest BCUT2D eigenvalue weighted by molar-refractivity contribution is 5.95. The molecule has 0 bridgehead atoms. The maximum absolute atomic E-state index is 11.4. The van der Waals surface area contributed by atoms with Gasteiger partial charge < -0.3 is 5.11 Å². The molecule has 2 heterocycles. The number of nitrogens with zero attached hydrogens (tertiary/aromatic N) is 2. The van der Waals surface area contributed by atoms with Crippen LogP contribution in [-0.4, -0.2) is 20.9 Å². The van der Waals surface area contributed by atoms with E-state index >= 15 is 0 Å². The number of aromatic carboxylic acids is 1. The lowest BCUT2D eigenvalue weighted by Crippen LogP contribution is -2.11. The molecule has 1 aliphatic rings. The van der Waals surface area contributed by atoms with E-state index in [0.29, 0.717) is 0 Å². The fraction of sp³-hybridized carbons (Fsp3) is 0.333. The molecule has 0 aliphatic carbocycles. The predicted molar refractivity (Wildman–Crippen MR) is 72.3 cm³/mol. The topological polar surface area (TPSA) is 55.1 Å². The van der Waals surface area contributed by atoms with E-state index in [1.807, 2.05) is 35.9 Å². The van der Waals surface area contributed by atoms with Crippen LogP contribution in [0.1, 0.15) is 34.6 Å². The minimum atomic E-state index is -0.947. The van der Waals surface area contributed by atoms with Gasteiger partial charge in [-0.1, -0.05) is 29.8 Å². The lowest BCUT2D eigenvalue weighted by molar-refractivity contribution is 0.0690. The first-order chi connectivity index (χ1) is 9.16. The number of benzene rings is 1. The first-order valence-corrected chi connectivity index (χ1v) is 6.57. The summed E-state index contributed by atoms with van der Waals surface area (Å²) in [6, 6.07) is 7.98. The van der Waals surface area contributed by atoms with Crippen LogP contribution in [0.5, 0.6) is 0 Å². The third kappa shape index (κ3) is 2.03. The summed E-state index contributed by atoms with van der Waals surface area (Å²) in [5, 5.41) is 13.6. The molecule has 0 spiro atoms. The lowest BCUT2D eigenvalue weighted by atomic mass is 9.98. The number of rotatable bonds is 2. The van der Waals surface area contributed by atoms with Crippen molar-refractivity contribution in [1.82, 2.24) is 9.78 Å². The normalized spacial score (nSPS) is 14.2. The van der Waals surface area contributed by atoms with Gasteiger partial charge in [-0.15, -0.1) is 0 Å². The van der Waals surface area contributed by atoms with E-state index in [-0.39, 0.29) is 5.69 Å². The van der Waals surface area contributed by atoms with Crippen molar-refractivity contribution >= 4 is 5.97 Å². The van der Waals surface area contributed by atoms with E-state index in [1.54, 1.807) is 0 Å². The van der Waals surface area contributed by atoms with Gasteiger partial charge >= 0.3 is 5.97 Å². The Kier molecular flexibility index (Phi) is 2.85. The number of hydrogen-bond donors (Lipinski definition) is 1. The Morgan fingerprint density at radius 3 is 2.68 bits per heavy atom. The Balaban J connectivity index is 2.20. The standard InChI is InChI=1S/C15H16N2O2/c1-10-5-7-11(8-6-10)13-12-4-2-3-9-17(12)16-14(13)15(18)19/h5-8H,2-4,9H2,1H3,(H,18,19). The summed E-state index contributed by atoms with van der Waals surface area (Å²) in [5.74, 6) is -0.947. The van der Waals surface area contributed by atoms with Gasteiger partial charge in [-0.2, -0.15) is 5.10 Å². The first-order valence-electron chi connectivity index (χ1n) is 6.57. The number of hydrogen-bond acceptors (Lipinski definition) is 2. The highest BCUT2D eigenvalue weighted by Crippen LogP contribution is 2.31. The molecule has 0 saturated heterocycles. The van der Waals surface area contributed by atoms with Crippen LogP contribution < -0.4 is 0 Å². The minimum Gasteiger partial charge on any atom is -0.476 e. The molecule has 0 saturated carbocycles. The summed E-state index contributed by atoms with van der Waals surface area (Å²) in [6.45, 7) is 2.84. The maximum Gasteiger partial charge on any atom is 0.357 e. The van der Waals surface area contributed by atoms with Crippen molar-refractivity contribution in [3.63, 3.8) is 0 Å². The summed E-state index contributed by atoms with van der Waals surface area (Å²) >= 11 is 0. The van der Waals surface area contributed by atoms with Crippen LogP contribution in [0.2, 0.25) is 0 Å². The van der Waals surface area contributed by atoms with Gasteiger partial charge in [-0.05, 0) is 31.7 Å². The summed E-state index contributed by atoms with van der Waals surface area (Å²) < 4.78 is 1.86. The van der Waals surface area contributed by atoms with Gasteiger partial charge in [0.05, 0.1) is 0 Å². The number of fused-ring (bicyclic) bond motifs is 1. The van der Waals surface area contributed by atoms with Crippen LogP contribution in [-0.2, 0) is 13.0 Å². The van der Waals surface area contributed by atoms with Gasteiger partial charge in [0.25, 0.3) is 0 Å². The molecule has 1 aliphatic heterocycles. The van der Waals surface area contributed by atoms with Gasteiger partial charge in [0.2, 0.25) is 0 Å². The van der Waals surface area contributed by atoms with Crippen LogP contribution in [0.4, 0.5) is 0 Å². The van der Waals surface area contributed by atoms with Crippen LogP contribution in [0.15, 0.2) is 24.3 Å². The van der Waals surface area contributed by atoms with E-state index in [0.717, 1.165) is 42.6 Å². The number of aryl methyl sites for hydroxylation is 2. The Bertz CT molecular complexity index is 626. The molecule has 19 heavy (non-hydrogen) atoms. The van der Waals surface area contributed by atoms with Gasteiger partial charge in [-0.3, -0.25) is 4.68 Å². The van der Waals surface area contributed by atoms with E-state index in [4.69, 9.17) is 0 Å². The van der Waals surface area contributed by atoms with Crippen molar-refractivity contribution in [2.24, 2.45) is 0 Å². The Labute approximate surface area is 111 Å². The smallest absolute Gasteiger partial charge is 0.357 e. The average Bonchev–Trinajstić information content (AvgIpc) is 2.79. The van der Waals surface area contributed by atoms with Crippen molar-refractivity contribution in [1.29, 1.82) is 0 Å². The average molecular weight is 256 g/mol. The Morgan fingerprint density at radius 2 is 2.00 bits per heavy atom. The summed E-state index contributed by atoms with van der Waals surface area (Å²) in [6.07, 6.45) is 3.08. The molecule has 1 aromatic heterocycles. The molecule has 4 heteroatoms. The van der Waals surface area contributed by atoms with Gasteiger partial charge in [-0.25, -0.2) is 4.79 Å². The summed E-state index contributed by atoms with van der Waals surface area (Å²) in [5.41, 5.74) is 4.16. The van der Waals surface area contributed by atoms with Crippen molar-refractivity contribution in [3.8, 4) is 11.1 Å². The van der Waals surface area contributed by atoms with Crippen molar-refractivity contribution in [3.05, 3.63) is 41.2 Å². The molecule has 0 atom stereocenters. The Hall–Kier alpha value is -2.10. The zero-order valence-electron chi connectivity index (χ0n) is 10.9. The molecule has 2 aromatic rings. The maximum atomic E-state index is 11.4. The third-order valence-corrected chi connectivity index (χ3v) is 3.63. The zero-order valence-corrected chi connectivity index (χ0v) is 10.9. The monoisotopic (exact) mass is 256 g/mol. The molecule has 1 N–H and O–H groups in total. The molecule has 0 unspecified atom stereocenters. The molecular formula is C15H16N2O2. The fourth-order valence-electron chi connectivity index (χ4n) is 2.66. The van der Waals surface area contributed by atoms with Gasteiger partial charge in [0.1, 0.15) is 0 Å². The van der Waals surface area contributed by atoms with Crippen molar-refractivity contribution < 1.29 is 9.90 Å². The molecule has 0 radical (unpaired) electrons. The van der Waals surface area contributed by atoms with Crippen LogP contribution >= 0.6 is 0 Å². The van der Waals surface area contributed by atoms with Crippen LogP contribution in [0, 0.1) is 6.92 Å². The highest BCUT2D eigenvalue weighted by Gasteiger charge is 2.25. The molecule has 4 nitrogen and oxygen atoms in total. The highest BCUT2D eigenvalue weighted by atomic mass is 16.4. The first kappa shape index (κ1) is 12.0. The zero-order chi connectivity index (χ0) is 13.4.